The Hall–Kier alpha value is -0.940. The fourth-order valence-corrected chi connectivity index (χ4v) is 1.90. The summed E-state index contributed by atoms with van der Waals surface area (Å²) in [6.07, 6.45) is 0. The fraction of sp³-hybridized carbons (Fsp3) is 0.111. The molecule has 0 N–H and O–H groups in total. The Labute approximate surface area is 94.1 Å². The molecule has 0 aliphatic carbocycles. The van der Waals surface area contributed by atoms with Crippen molar-refractivity contribution in [2.45, 2.75) is 6.61 Å². The summed E-state index contributed by atoms with van der Waals surface area (Å²) in [5, 5.41) is 0.584. The van der Waals surface area contributed by atoms with E-state index in [1.165, 1.54) is 11.5 Å². The monoisotopic (exact) mass is 270 g/mol. The van der Waals surface area contributed by atoms with E-state index in [1.54, 1.807) is 0 Å². The van der Waals surface area contributed by atoms with Gasteiger partial charge in [-0.25, -0.2) is 0 Å². The minimum absolute atomic E-state index is 0.530. The third kappa shape index (κ3) is 2.52. The molecule has 0 radical (unpaired) electrons. The van der Waals surface area contributed by atoms with Gasteiger partial charge in [0.1, 0.15) is 6.61 Å². The van der Waals surface area contributed by atoms with Gasteiger partial charge in [-0.1, -0.05) is 30.3 Å². The maximum atomic E-state index is 5.43. The first-order valence-corrected chi connectivity index (χ1v) is 5.57. The van der Waals surface area contributed by atoms with E-state index >= 15 is 0 Å². The van der Waals surface area contributed by atoms with E-state index in [0.717, 1.165) is 5.56 Å². The van der Waals surface area contributed by atoms with Crippen molar-refractivity contribution in [1.29, 1.82) is 0 Å². The van der Waals surface area contributed by atoms with Crippen molar-refractivity contribution in [2.24, 2.45) is 0 Å². The summed E-state index contributed by atoms with van der Waals surface area (Å²) in [6.45, 7) is 0.530. The van der Waals surface area contributed by atoms with Crippen LogP contribution in [0, 0.1) is 0 Å². The second-order valence-corrected chi connectivity index (χ2v) is 4.03. The van der Waals surface area contributed by atoms with Gasteiger partial charge in [0.25, 0.3) is 5.19 Å². The number of aromatic nitrogens is 2. The number of nitrogens with zero attached hydrogens (tertiary/aromatic N) is 2. The van der Waals surface area contributed by atoms with Gasteiger partial charge < -0.3 is 4.74 Å². The minimum Gasteiger partial charge on any atom is -0.464 e. The van der Waals surface area contributed by atoms with Gasteiger partial charge in [-0.3, -0.25) is 0 Å². The van der Waals surface area contributed by atoms with Crippen LogP contribution in [0.4, 0.5) is 0 Å². The van der Waals surface area contributed by atoms with Crippen molar-refractivity contribution in [3.8, 4) is 5.19 Å². The van der Waals surface area contributed by atoms with Gasteiger partial charge >= 0.3 is 0 Å². The standard InChI is InChI=1S/C9H7BrN2OS/c10-8-11-9(14-12-8)13-6-7-4-2-1-3-5-7/h1-5H,6H2. The molecule has 0 bridgehead atoms. The summed E-state index contributed by atoms with van der Waals surface area (Å²) < 4.78 is 9.95. The Bertz CT molecular complexity index is 404. The molecule has 5 heteroatoms. The molecule has 1 aromatic heterocycles. The summed E-state index contributed by atoms with van der Waals surface area (Å²) in [6, 6.07) is 9.96. The molecule has 0 amide bonds. The van der Waals surface area contributed by atoms with E-state index in [9.17, 15) is 0 Å². The molecule has 0 unspecified atom stereocenters. The van der Waals surface area contributed by atoms with E-state index in [-0.39, 0.29) is 0 Å². The summed E-state index contributed by atoms with van der Waals surface area (Å²) in [4.78, 5) is 4.03. The highest BCUT2D eigenvalue weighted by Gasteiger charge is 2.01. The van der Waals surface area contributed by atoms with Crippen LogP contribution in [0.5, 0.6) is 5.19 Å². The van der Waals surface area contributed by atoms with Gasteiger partial charge in [0.15, 0.2) is 0 Å². The van der Waals surface area contributed by atoms with Crippen LogP contribution in [0.2, 0.25) is 0 Å². The van der Waals surface area contributed by atoms with Gasteiger partial charge in [-0.15, -0.1) is 0 Å². The molecule has 0 spiro atoms. The molecule has 2 aromatic rings. The number of ether oxygens (including phenoxy) is 1. The molecule has 0 saturated carbocycles. The average Bonchev–Trinajstić information content (AvgIpc) is 2.63. The first-order valence-electron chi connectivity index (χ1n) is 4.00. The Kier molecular flexibility index (Phi) is 3.10. The van der Waals surface area contributed by atoms with Gasteiger partial charge in [0.2, 0.25) is 4.73 Å². The molecule has 3 nitrogen and oxygen atoms in total. The minimum atomic E-state index is 0.530. The van der Waals surface area contributed by atoms with Crippen molar-refractivity contribution in [3.05, 3.63) is 40.6 Å². The molecule has 1 heterocycles. The Morgan fingerprint density at radius 3 is 2.71 bits per heavy atom. The van der Waals surface area contributed by atoms with Crippen molar-refractivity contribution in [2.75, 3.05) is 0 Å². The maximum Gasteiger partial charge on any atom is 0.294 e. The van der Waals surface area contributed by atoms with E-state index in [4.69, 9.17) is 4.74 Å². The fourth-order valence-electron chi connectivity index (χ4n) is 0.971. The predicted molar refractivity (Wildman–Crippen MR) is 58.4 cm³/mol. The second kappa shape index (κ2) is 4.52. The Balaban J connectivity index is 1.95. The molecule has 72 valence electrons. The molecule has 14 heavy (non-hydrogen) atoms. The summed E-state index contributed by atoms with van der Waals surface area (Å²) in [7, 11) is 0. The number of hydrogen-bond donors (Lipinski definition) is 0. The highest BCUT2D eigenvalue weighted by atomic mass is 79.9. The average molecular weight is 271 g/mol. The van der Waals surface area contributed by atoms with E-state index in [1.807, 2.05) is 30.3 Å². The van der Waals surface area contributed by atoms with Crippen molar-refractivity contribution in [1.82, 2.24) is 9.36 Å². The zero-order valence-electron chi connectivity index (χ0n) is 7.18. The molecule has 2 rings (SSSR count). The van der Waals surface area contributed by atoms with Crippen LogP contribution in [0.25, 0.3) is 0 Å². The van der Waals surface area contributed by atoms with Gasteiger partial charge in [0, 0.05) is 11.5 Å². The van der Waals surface area contributed by atoms with E-state index < -0.39 is 0 Å². The Morgan fingerprint density at radius 1 is 1.29 bits per heavy atom. The zero-order valence-corrected chi connectivity index (χ0v) is 9.59. The van der Waals surface area contributed by atoms with Crippen molar-refractivity contribution in [3.63, 3.8) is 0 Å². The van der Waals surface area contributed by atoms with Crippen LogP contribution in [0.1, 0.15) is 5.56 Å². The van der Waals surface area contributed by atoms with Crippen LogP contribution in [-0.4, -0.2) is 9.36 Å². The molecule has 0 aliphatic heterocycles. The lowest BCUT2D eigenvalue weighted by atomic mass is 10.2. The topological polar surface area (TPSA) is 35.0 Å². The number of benzene rings is 1. The number of rotatable bonds is 3. The normalized spacial score (nSPS) is 10.1. The van der Waals surface area contributed by atoms with Crippen molar-refractivity contribution >= 4 is 27.5 Å². The molecule has 0 fully saturated rings. The zero-order chi connectivity index (χ0) is 9.80. The quantitative estimate of drug-likeness (QED) is 0.861. The highest BCUT2D eigenvalue weighted by Crippen LogP contribution is 2.18. The molecular formula is C9H7BrN2OS. The van der Waals surface area contributed by atoms with Crippen LogP contribution in [0.3, 0.4) is 0 Å². The van der Waals surface area contributed by atoms with Gasteiger partial charge in [0.05, 0.1) is 0 Å². The van der Waals surface area contributed by atoms with Gasteiger partial charge in [-0.2, -0.15) is 9.36 Å². The lowest BCUT2D eigenvalue weighted by molar-refractivity contribution is 0.304. The lowest BCUT2D eigenvalue weighted by Crippen LogP contribution is -1.93. The van der Waals surface area contributed by atoms with Crippen LogP contribution < -0.4 is 4.74 Å². The van der Waals surface area contributed by atoms with Gasteiger partial charge in [-0.05, 0) is 21.5 Å². The summed E-state index contributed by atoms with van der Waals surface area (Å²) in [5.74, 6) is 0. The van der Waals surface area contributed by atoms with E-state index in [2.05, 4.69) is 25.3 Å². The number of halogens is 1. The summed E-state index contributed by atoms with van der Waals surface area (Å²) >= 11 is 4.41. The smallest absolute Gasteiger partial charge is 0.294 e. The maximum absolute atomic E-state index is 5.43. The van der Waals surface area contributed by atoms with Crippen LogP contribution >= 0.6 is 27.5 Å². The SMILES string of the molecule is Brc1nsc(OCc2ccccc2)n1. The summed E-state index contributed by atoms with van der Waals surface area (Å²) in [5.41, 5.74) is 1.12. The third-order valence-electron chi connectivity index (χ3n) is 1.59. The predicted octanol–water partition coefficient (Wildman–Crippen LogP) is 2.88. The second-order valence-electron chi connectivity index (χ2n) is 2.60. The van der Waals surface area contributed by atoms with Crippen LogP contribution in [-0.2, 0) is 6.61 Å². The first kappa shape index (κ1) is 9.61. The largest absolute Gasteiger partial charge is 0.464 e. The Morgan fingerprint density at radius 2 is 2.07 bits per heavy atom. The van der Waals surface area contributed by atoms with Crippen LogP contribution in [0.15, 0.2) is 35.1 Å². The molecule has 0 atom stereocenters. The van der Waals surface area contributed by atoms with E-state index in [0.29, 0.717) is 16.5 Å². The number of hydrogen-bond acceptors (Lipinski definition) is 4. The molecular weight excluding hydrogens is 264 g/mol. The third-order valence-corrected chi connectivity index (χ3v) is 2.81. The molecule has 0 saturated heterocycles. The molecule has 1 aromatic carbocycles. The first-order chi connectivity index (χ1) is 6.84. The lowest BCUT2D eigenvalue weighted by Gasteiger charge is -2.00. The van der Waals surface area contributed by atoms with Crippen molar-refractivity contribution < 1.29 is 4.74 Å². The highest BCUT2D eigenvalue weighted by molar-refractivity contribution is 9.10. The molecule has 0 aliphatic rings.